The second kappa shape index (κ2) is 7.66. The number of benzene rings is 1. The molecule has 1 fully saturated rings. The normalized spacial score (nSPS) is 26.0. The number of hydrogen-bond donors (Lipinski definition) is 1. The fourth-order valence-electron chi connectivity index (χ4n) is 3.57. The second-order valence-electron chi connectivity index (χ2n) is 6.48. The Bertz CT molecular complexity index is 449. The lowest BCUT2D eigenvalue weighted by atomic mass is 10.0. The Kier molecular flexibility index (Phi) is 5.61. The third-order valence-corrected chi connectivity index (χ3v) is 6.18. The molecule has 2 nitrogen and oxygen atoms in total. The first kappa shape index (κ1) is 15.4. The van der Waals surface area contributed by atoms with Crippen LogP contribution in [0.2, 0.25) is 0 Å². The van der Waals surface area contributed by atoms with Crippen molar-refractivity contribution in [3.63, 3.8) is 0 Å². The van der Waals surface area contributed by atoms with Crippen molar-refractivity contribution in [3.05, 3.63) is 29.8 Å². The monoisotopic (exact) mass is 304 g/mol. The molecular formula is C18H28N2S. The van der Waals surface area contributed by atoms with Crippen molar-refractivity contribution in [2.45, 2.75) is 49.5 Å². The number of piperidine rings is 1. The molecule has 3 rings (SSSR count). The van der Waals surface area contributed by atoms with Crippen molar-refractivity contribution in [2.75, 3.05) is 31.9 Å². The maximum Gasteiger partial charge on any atom is 0.0108 e. The molecule has 0 aromatic heterocycles. The molecule has 1 N–H and O–H groups in total. The largest absolute Gasteiger partial charge is 0.316 e. The molecule has 1 aromatic rings. The van der Waals surface area contributed by atoms with Crippen LogP contribution in [0.25, 0.3) is 0 Å². The summed E-state index contributed by atoms with van der Waals surface area (Å²) in [5.41, 5.74) is 1.56. The third kappa shape index (κ3) is 4.02. The minimum Gasteiger partial charge on any atom is -0.316 e. The maximum atomic E-state index is 3.68. The van der Waals surface area contributed by atoms with Gasteiger partial charge < -0.3 is 10.2 Å². The fraction of sp³-hybridized carbons (Fsp3) is 0.667. The van der Waals surface area contributed by atoms with Gasteiger partial charge in [0.05, 0.1) is 0 Å². The molecule has 1 saturated heterocycles. The van der Waals surface area contributed by atoms with Crippen molar-refractivity contribution in [3.8, 4) is 0 Å². The van der Waals surface area contributed by atoms with Crippen LogP contribution in [0.5, 0.6) is 0 Å². The van der Waals surface area contributed by atoms with E-state index in [9.17, 15) is 0 Å². The summed E-state index contributed by atoms with van der Waals surface area (Å²) in [7, 11) is 0. The van der Waals surface area contributed by atoms with E-state index in [4.69, 9.17) is 0 Å². The molecule has 2 aliphatic rings. The molecule has 0 bridgehead atoms. The highest BCUT2D eigenvalue weighted by Gasteiger charge is 2.22. The highest BCUT2D eigenvalue weighted by atomic mass is 32.2. The quantitative estimate of drug-likeness (QED) is 0.806. The fourth-order valence-corrected chi connectivity index (χ4v) is 4.83. The number of hydrogen-bond acceptors (Lipinski definition) is 3. The molecule has 2 atom stereocenters. The Morgan fingerprint density at radius 1 is 1.29 bits per heavy atom. The Morgan fingerprint density at radius 2 is 2.19 bits per heavy atom. The van der Waals surface area contributed by atoms with Gasteiger partial charge in [0.1, 0.15) is 0 Å². The van der Waals surface area contributed by atoms with Crippen LogP contribution in [0.1, 0.15) is 44.1 Å². The minimum absolute atomic E-state index is 0.708. The van der Waals surface area contributed by atoms with Gasteiger partial charge in [-0.2, -0.15) is 0 Å². The Labute approximate surface area is 133 Å². The van der Waals surface area contributed by atoms with Crippen molar-refractivity contribution in [2.24, 2.45) is 0 Å². The first-order valence-electron chi connectivity index (χ1n) is 8.51. The molecule has 3 heteroatoms. The van der Waals surface area contributed by atoms with Gasteiger partial charge in [-0.25, -0.2) is 0 Å². The van der Waals surface area contributed by atoms with Gasteiger partial charge in [-0.15, -0.1) is 11.8 Å². The summed E-state index contributed by atoms with van der Waals surface area (Å²) >= 11 is 2.01. The van der Waals surface area contributed by atoms with Gasteiger partial charge in [0, 0.05) is 29.2 Å². The van der Waals surface area contributed by atoms with Crippen LogP contribution in [0.3, 0.4) is 0 Å². The zero-order valence-corrected chi connectivity index (χ0v) is 14.0. The maximum absolute atomic E-state index is 3.68. The molecule has 2 heterocycles. The third-order valence-electron chi connectivity index (χ3n) is 4.93. The van der Waals surface area contributed by atoms with Crippen LogP contribution in [-0.4, -0.2) is 42.9 Å². The zero-order chi connectivity index (χ0) is 14.5. The summed E-state index contributed by atoms with van der Waals surface area (Å²) in [6.45, 7) is 7.27. The van der Waals surface area contributed by atoms with E-state index < -0.39 is 0 Å². The first-order valence-corrected chi connectivity index (χ1v) is 9.49. The van der Waals surface area contributed by atoms with Gasteiger partial charge in [0.15, 0.2) is 0 Å². The predicted molar refractivity (Wildman–Crippen MR) is 92.3 cm³/mol. The molecule has 2 aliphatic heterocycles. The smallest absolute Gasteiger partial charge is 0.0108 e. The summed E-state index contributed by atoms with van der Waals surface area (Å²) in [4.78, 5) is 4.16. The molecular weight excluding hydrogens is 276 g/mol. The van der Waals surface area contributed by atoms with E-state index in [2.05, 4.69) is 41.4 Å². The van der Waals surface area contributed by atoms with E-state index in [1.807, 2.05) is 11.8 Å². The SMILES string of the molecule is CC1CCCCN1CCCNCC1CSc2ccccc21. The number of rotatable bonds is 6. The molecule has 0 spiro atoms. The lowest BCUT2D eigenvalue weighted by molar-refractivity contribution is 0.159. The minimum atomic E-state index is 0.708. The summed E-state index contributed by atoms with van der Waals surface area (Å²) < 4.78 is 0. The average Bonchev–Trinajstić information content (AvgIpc) is 2.92. The van der Waals surface area contributed by atoms with E-state index in [1.165, 1.54) is 49.4 Å². The van der Waals surface area contributed by atoms with Crippen LogP contribution in [0.4, 0.5) is 0 Å². The standard InChI is InChI=1S/C18H28N2S/c1-15-7-4-5-11-20(15)12-6-10-19-13-16-14-21-18-9-3-2-8-17(16)18/h2-3,8-9,15-16,19H,4-7,10-14H2,1H3. The summed E-state index contributed by atoms with van der Waals surface area (Å²) in [6, 6.07) is 9.70. The van der Waals surface area contributed by atoms with Gasteiger partial charge in [0.25, 0.3) is 0 Å². The van der Waals surface area contributed by atoms with Gasteiger partial charge in [0.2, 0.25) is 0 Å². The van der Waals surface area contributed by atoms with Crippen LogP contribution in [0, 0.1) is 0 Å². The number of nitrogens with one attached hydrogen (secondary N) is 1. The molecule has 21 heavy (non-hydrogen) atoms. The second-order valence-corrected chi connectivity index (χ2v) is 7.55. The summed E-state index contributed by atoms with van der Waals surface area (Å²) in [5, 5.41) is 3.68. The van der Waals surface area contributed by atoms with E-state index in [-0.39, 0.29) is 0 Å². The molecule has 0 amide bonds. The molecule has 0 aliphatic carbocycles. The molecule has 116 valence electrons. The number of thioether (sulfide) groups is 1. The van der Waals surface area contributed by atoms with Gasteiger partial charge in [-0.05, 0) is 57.5 Å². The van der Waals surface area contributed by atoms with Gasteiger partial charge in [-0.3, -0.25) is 0 Å². The lowest BCUT2D eigenvalue weighted by Crippen LogP contribution is -2.39. The number of fused-ring (bicyclic) bond motifs is 1. The van der Waals surface area contributed by atoms with E-state index in [1.54, 1.807) is 5.56 Å². The zero-order valence-electron chi connectivity index (χ0n) is 13.2. The van der Waals surface area contributed by atoms with E-state index >= 15 is 0 Å². The Balaban J connectivity index is 1.34. The van der Waals surface area contributed by atoms with Crippen LogP contribution >= 0.6 is 11.8 Å². The van der Waals surface area contributed by atoms with Crippen molar-refractivity contribution in [1.29, 1.82) is 0 Å². The van der Waals surface area contributed by atoms with Crippen LogP contribution < -0.4 is 5.32 Å². The molecule has 2 unspecified atom stereocenters. The summed E-state index contributed by atoms with van der Waals surface area (Å²) in [5.74, 6) is 1.95. The Hall–Kier alpha value is -0.510. The van der Waals surface area contributed by atoms with Gasteiger partial charge >= 0.3 is 0 Å². The number of nitrogens with zero attached hydrogens (tertiary/aromatic N) is 1. The average molecular weight is 305 g/mol. The lowest BCUT2D eigenvalue weighted by Gasteiger charge is -2.33. The molecule has 0 radical (unpaired) electrons. The van der Waals surface area contributed by atoms with Crippen molar-refractivity contribution >= 4 is 11.8 Å². The van der Waals surface area contributed by atoms with E-state index in [0.717, 1.165) is 19.1 Å². The van der Waals surface area contributed by atoms with E-state index in [0.29, 0.717) is 5.92 Å². The highest BCUT2D eigenvalue weighted by molar-refractivity contribution is 7.99. The predicted octanol–water partition coefficient (Wildman–Crippen LogP) is 3.73. The highest BCUT2D eigenvalue weighted by Crippen LogP contribution is 2.38. The first-order chi connectivity index (χ1) is 10.3. The Morgan fingerprint density at radius 3 is 3.10 bits per heavy atom. The van der Waals surface area contributed by atoms with Crippen molar-refractivity contribution in [1.82, 2.24) is 10.2 Å². The topological polar surface area (TPSA) is 15.3 Å². The van der Waals surface area contributed by atoms with Crippen molar-refractivity contribution < 1.29 is 0 Å². The van der Waals surface area contributed by atoms with Crippen LogP contribution in [0.15, 0.2) is 29.2 Å². The molecule has 1 aromatic carbocycles. The summed E-state index contributed by atoms with van der Waals surface area (Å²) in [6.07, 6.45) is 5.50. The van der Waals surface area contributed by atoms with Gasteiger partial charge in [-0.1, -0.05) is 24.6 Å². The molecule has 0 saturated carbocycles. The van der Waals surface area contributed by atoms with Crippen LogP contribution in [-0.2, 0) is 0 Å². The number of likely N-dealkylation sites (tertiary alicyclic amines) is 1.